The first kappa shape index (κ1) is 35.8. The van der Waals surface area contributed by atoms with E-state index in [4.69, 9.17) is 19.9 Å². The molecule has 0 spiro atoms. The number of esters is 1. The Hall–Kier alpha value is -3.01. The maximum Gasteiger partial charge on any atom is 0.338 e. The zero-order valence-electron chi connectivity index (χ0n) is 26.4. The summed E-state index contributed by atoms with van der Waals surface area (Å²) in [5.74, 6) is 0.375. The van der Waals surface area contributed by atoms with Gasteiger partial charge in [-0.1, -0.05) is 76.5 Å². The third kappa shape index (κ3) is 9.75. The number of rotatable bonds is 20. The fourth-order valence-corrected chi connectivity index (χ4v) is 6.19. The number of aliphatic hydroxyl groups is 4. The number of nitrogen functional groups attached to an aromatic ring is 1. The lowest BCUT2D eigenvalue weighted by Crippen LogP contribution is -2.33. The van der Waals surface area contributed by atoms with Crippen molar-refractivity contribution in [2.75, 3.05) is 31.3 Å². The van der Waals surface area contributed by atoms with Crippen LogP contribution in [0, 0.1) is 0 Å². The molecule has 5 atom stereocenters. The van der Waals surface area contributed by atoms with Crippen LogP contribution in [0.25, 0.3) is 11.2 Å². The molecule has 1 fully saturated rings. The number of carbonyl (C=O) groups excluding carboxylic acids is 1. The molecule has 1 saturated heterocycles. The third-order valence-corrected chi connectivity index (χ3v) is 9.01. The summed E-state index contributed by atoms with van der Waals surface area (Å²) >= 11 is 1.15. The maximum atomic E-state index is 12.4. The Balaban J connectivity index is 1.20. The van der Waals surface area contributed by atoms with Crippen LogP contribution in [0.3, 0.4) is 0 Å². The van der Waals surface area contributed by atoms with Gasteiger partial charge in [-0.25, -0.2) is 19.7 Å². The van der Waals surface area contributed by atoms with Gasteiger partial charge < -0.3 is 40.4 Å². The van der Waals surface area contributed by atoms with Crippen molar-refractivity contribution in [1.29, 1.82) is 0 Å². The van der Waals surface area contributed by atoms with Crippen LogP contribution in [0.4, 0.5) is 5.82 Å². The van der Waals surface area contributed by atoms with Crippen LogP contribution in [0.5, 0.6) is 5.75 Å². The highest BCUT2D eigenvalue weighted by molar-refractivity contribution is 7.99. The molecule has 0 saturated carbocycles. The molecule has 1 aromatic carbocycles. The van der Waals surface area contributed by atoms with Gasteiger partial charge in [0.15, 0.2) is 28.4 Å². The molecule has 4 rings (SSSR count). The lowest BCUT2D eigenvalue weighted by molar-refractivity contribution is -0.0548. The molecule has 2 aromatic heterocycles. The molecular formula is C32H47N5O8S. The Morgan fingerprint density at radius 3 is 2.35 bits per heavy atom. The standard InChI is InChI=1S/C32H47N5O8S/c1-2-3-4-5-6-7-8-9-10-11-16-43-31(42)21-12-14-23(15-13-21)44-18-22(39)19-46-32-36-25-28(33)34-20-35-29(25)37(32)30-27(41)26(40)24(17-38)45-30/h12-15,20,22,24,26-27,30,38-41H,2-11,16-19H2,1H3,(H2,33,34,35)/t22-,24+,26+,27+,30+/m0/s1. The van der Waals surface area contributed by atoms with Crippen molar-refractivity contribution in [2.24, 2.45) is 0 Å². The zero-order valence-corrected chi connectivity index (χ0v) is 27.2. The van der Waals surface area contributed by atoms with Gasteiger partial charge in [-0.05, 0) is 30.7 Å². The fraction of sp³-hybridized carbons (Fsp3) is 0.625. The van der Waals surface area contributed by atoms with E-state index in [-0.39, 0.29) is 35.3 Å². The number of imidazole rings is 1. The number of anilines is 1. The molecule has 1 aliphatic rings. The second-order valence-electron chi connectivity index (χ2n) is 11.5. The number of aromatic nitrogens is 4. The molecule has 0 radical (unpaired) electrons. The van der Waals surface area contributed by atoms with Crippen molar-refractivity contribution in [2.45, 2.75) is 107 Å². The van der Waals surface area contributed by atoms with Crippen molar-refractivity contribution >= 4 is 34.7 Å². The van der Waals surface area contributed by atoms with Crippen molar-refractivity contribution in [3.63, 3.8) is 0 Å². The number of hydrogen-bond acceptors (Lipinski definition) is 13. The molecule has 6 N–H and O–H groups in total. The highest BCUT2D eigenvalue weighted by Crippen LogP contribution is 2.36. The highest BCUT2D eigenvalue weighted by Gasteiger charge is 2.45. The van der Waals surface area contributed by atoms with E-state index >= 15 is 0 Å². The summed E-state index contributed by atoms with van der Waals surface area (Å²) in [6, 6.07) is 6.57. The number of aliphatic hydroxyl groups excluding tert-OH is 4. The average molecular weight is 662 g/mol. The summed E-state index contributed by atoms with van der Waals surface area (Å²) in [6.45, 7) is 2.11. The fourth-order valence-electron chi connectivity index (χ4n) is 5.27. The molecule has 0 aliphatic carbocycles. The van der Waals surface area contributed by atoms with E-state index in [0.717, 1.165) is 31.0 Å². The first-order valence-electron chi connectivity index (χ1n) is 16.2. The van der Waals surface area contributed by atoms with Gasteiger partial charge in [-0.15, -0.1) is 0 Å². The molecule has 46 heavy (non-hydrogen) atoms. The van der Waals surface area contributed by atoms with Gasteiger partial charge in [0.1, 0.15) is 37.0 Å². The number of hydrogen-bond donors (Lipinski definition) is 5. The minimum atomic E-state index is -1.36. The summed E-state index contributed by atoms with van der Waals surface area (Å²) in [5.41, 5.74) is 6.97. The Bertz CT molecular complexity index is 1360. The first-order valence-corrected chi connectivity index (χ1v) is 17.1. The van der Waals surface area contributed by atoms with Crippen LogP contribution >= 0.6 is 11.8 Å². The summed E-state index contributed by atoms with van der Waals surface area (Å²) < 4.78 is 18.3. The van der Waals surface area contributed by atoms with Crippen molar-refractivity contribution in [3.05, 3.63) is 36.2 Å². The molecule has 0 amide bonds. The number of thioether (sulfide) groups is 1. The Morgan fingerprint density at radius 1 is 1.02 bits per heavy atom. The topological polar surface area (TPSA) is 195 Å². The summed E-state index contributed by atoms with van der Waals surface area (Å²) in [4.78, 5) is 25.1. The molecule has 3 heterocycles. The third-order valence-electron chi connectivity index (χ3n) is 7.91. The van der Waals surface area contributed by atoms with Gasteiger partial charge in [0, 0.05) is 5.75 Å². The predicted molar refractivity (Wildman–Crippen MR) is 174 cm³/mol. The SMILES string of the molecule is CCCCCCCCCCCCOC(=O)c1ccc(OC[C@H](O)CSc2nc3c(N)ncnc3n2[C@@H]2O[C@H](CO)[C@@H](O)[C@H]2O)cc1. The van der Waals surface area contributed by atoms with E-state index in [1.807, 2.05) is 0 Å². The van der Waals surface area contributed by atoms with E-state index in [1.165, 1.54) is 55.8 Å². The molecule has 3 aromatic rings. The second-order valence-corrected chi connectivity index (χ2v) is 12.5. The van der Waals surface area contributed by atoms with Gasteiger partial charge in [0.25, 0.3) is 0 Å². The summed E-state index contributed by atoms with van der Waals surface area (Å²) in [7, 11) is 0. The lowest BCUT2D eigenvalue weighted by atomic mass is 10.1. The molecule has 13 nitrogen and oxygen atoms in total. The van der Waals surface area contributed by atoms with Crippen LogP contribution in [-0.4, -0.2) is 95.9 Å². The number of ether oxygens (including phenoxy) is 3. The quantitative estimate of drug-likeness (QED) is 0.0670. The number of fused-ring (bicyclic) bond motifs is 1. The van der Waals surface area contributed by atoms with Crippen molar-refractivity contribution < 1.29 is 39.4 Å². The summed E-state index contributed by atoms with van der Waals surface area (Å²) in [5, 5.41) is 41.4. The molecule has 0 unspecified atom stereocenters. The minimum absolute atomic E-state index is 0.0362. The van der Waals surface area contributed by atoms with Crippen molar-refractivity contribution in [3.8, 4) is 5.75 Å². The van der Waals surface area contributed by atoms with Crippen LogP contribution in [0.2, 0.25) is 0 Å². The molecule has 0 bridgehead atoms. The average Bonchev–Trinajstić information content (AvgIpc) is 3.58. The smallest absolute Gasteiger partial charge is 0.338 e. The second kappa shape index (κ2) is 18.4. The van der Waals surface area contributed by atoms with E-state index in [1.54, 1.807) is 24.3 Å². The van der Waals surface area contributed by atoms with Crippen LogP contribution in [-0.2, 0) is 9.47 Å². The molecule has 254 valence electrons. The van der Waals surface area contributed by atoms with E-state index in [2.05, 4.69) is 21.9 Å². The van der Waals surface area contributed by atoms with Gasteiger partial charge in [-0.2, -0.15) is 0 Å². The molecule has 14 heteroatoms. The zero-order chi connectivity index (χ0) is 32.9. The maximum absolute atomic E-state index is 12.4. The van der Waals surface area contributed by atoms with Gasteiger partial charge in [0.2, 0.25) is 0 Å². The Labute approximate surface area is 273 Å². The normalized spacial score (nSPS) is 20.3. The largest absolute Gasteiger partial charge is 0.491 e. The predicted octanol–water partition coefficient (Wildman–Crippen LogP) is 3.63. The van der Waals surface area contributed by atoms with Crippen LogP contribution in [0.15, 0.2) is 35.7 Å². The van der Waals surface area contributed by atoms with Gasteiger partial charge in [-0.3, -0.25) is 4.57 Å². The monoisotopic (exact) mass is 661 g/mol. The number of unbranched alkanes of at least 4 members (excludes halogenated alkanes) is 9. The van der Waals surface area contributed by atoms with E-state index < -0.39 is 37.3 Å². The Kier molecular flexibility index (Phi) is 14.3. The number of carbonyl (C=O) groups is 1. The molecular weight excluding hydrogens is 614 g/mol. The van der Waals surface area contributed by atoms with Gasteiger partial charge >= 0.3 is 5.97 Å². The lowest BCUT2D eigenvalue weighted by Gasteiger charge is -2.19. The highest BCUT2D eigenvalue weighted by atomic mass is 32.2. The Morgan fingerprint density at radius 2 is 1.70 bits per heavy atom. The van der Waals surface area contributed by atoms with Crippen LogP contribution in [0.1, 0.15) is 87.7 Å². The minimum Gasteiger partial charge on any atom is -0.491 e. The van der Waals surface area contributed by atoms with Crippen molar-refractivity contribution in [1.82, 2.24) is 19.5 Å². The summed E-state index contributed by atoms with van der Waals surface area (Å²) in [6.07, 6.45) is 7.73. The van der Waals surface area contributed by atoms with Crippen LogP contribution < -0.4 is 10.5 Å². The molecule has 1 aliphatic heterocycles. The van der Waals surface area contributed by atoms with Gasteiger partial charge in [0.05, 0.1) is 24.9 Å². The number of benzene rings is 1. The first-order chi connectivity index (χ1) is 22.3. The number of nitrogens with zero attached hydrogens (tertiary/aromatic N) is 4. The van der Waals surface area contributed by atoms with E-state index in [9.17, 15) is 25.2 Å². The van der Waals surface area contributed by atoms with E-state index in [0.29, 0.717) is 23.1 Å². The number of nitrogens with two attached hydrogens (primary N) is 1.